The Morgan fingerprint density at radius 1 is 0.863 bits per heavy atom. The van der Waals surface area contributed by atoms with Crippen molar-refractivity contribution in [2.45, 2.75) is 91.4 Å². The number of fused-ring (bicyclic) bond motifs is 18. The second-order valence-electron chi connectivity index (χ2n) is 13.5. The maximum absolute atomic E-state index is 13.8. The van der Waals surface area contributed by atoms with Gasteiger partial charge in [-0.2, -0.15) is 0 Å². The van der Waals surface area contributed by atoms with Gasteiger partial charge in [-0.25, -0.2) is 4.98 Å². The minimum atomic E-state index is -1.01. The van der Waals surface area contributed by atoms with E-state index in [9.17, 15) is 28.8 Å². The van der Waals surface area contributed by atoms with E-state index >= 15 is 0 Å². The Morgan fingerprint density at radius 2 is 1.55 bits per heavy atom. The van der Waals surface area contributed by atoms with Crippen LogP contribution in [0.4, 0.5) is 0 Å². The van der Waals surface area contributed by atoms with Crippen molar-refractivity contribution < 1.29 is 24.0 Å². The number of nitrogens with one attached hydrogen (secondary N) is 5. The average molecular weight is 700 g/mol. The second kappa shape index (κ2) is 18.1. The molecule has 0 saturated carbocycles. The predicted octanol–water partition coefficient (Wildman–Crippen LogP) is 2.24. The van der Waals surface area contributed by atoms with E-state index in [1.165, 1.54) is 0 Å². The van der Waals surface area contributed by atoms with Gasteiger partial charge < -0.3 is 31.2 Å². The zero-order valence-electron chi connectivity index (χ0n) is 30.0. The molecule has 51 heavy (non-hydrogen) atoms. The van der Waals surface area contributed by atoms with Crippen LogP contribution in [0.25, 0.3) is 0 Å². The van der Waals surface area contributed by atoms with Crippen LogP contribution in [0.5, 0.6) is 0 Å². The van der Waals surface area contributed by atoms with E-state index in [0.717, 1.165) is 11.1 Å². The zero-order valence-corrected chi connectivity index (χ0v) is 30.0. The summed E-state index contributed by atoms with van der Waals surface area (Å²) < 4.78 is 0. The highest BCUT2D eigenvalue weighted by Gasteiger charge is 2.30. The molecular weight excluding hydrogens is 650 g/mol. The van der Waals surface area contributed by atoms with Gasteiger partial charge in [0.15, 0.2) is 0 Å². The monoisotopic (exact) mass is 699 g/mol. The van der Waals surface area contributed by atoms with E-state index in [2.05, 4.69) is 31.2 Å². The largest absolute Gasteiger partial charge is 0.354 e. The summed E-state index contributed by atoms with van der Waals surface area (Å²) in [5, 5.41) is 11.2. The molecule has 3 aromatic rings. The van der Waals surface area contributed by atoms with Crippen LogP contribution in [0.15, 0.2) is 59.4 Å². The molecule has 272 valence electrons. The summed E-state index contributed by atoms with van der Waals surface area (Å²) in [6, 6.07) is 13.2. The maximum atomic E-state index is 13.8. The SMILES string of the molecule is Cc1nc(C)c(CC(=O)N2CCCCNC(=O)[C@@H](C)NC(=O)[C@H](CC(C)C)NC(=O)[C@@H](Cc3ccccc3)NC(=O)c3ccc(cc3)C2)c(=O)[nH]1. The van der Waals surface area contributed by atoms with Crippen molar-refractivity contribution in [3.63, 3.8) is 0 Å². The van der Waals surface area contributed by atoms with E-state index in [-0.39, 0.29) is 42.7 Å². The molecule has 2 aliphatic rings. The molecule has 0 fully saturated rings. The van der Waals surface area contributed by atoms with Crippen LogP contribution >= 0.6 is 0 Å². The van der Waals surface area contributed by atoms with Crippen molar-refractivity contribution in [3.05, 3.63) is 98.7 Å². The third-order valence-electron chi connectivity index (χ3n) is 8.76. The van der Waals surface area contributed by atoms with Crippen molar-refractivity contribution in [1.29, 1.82) is 0 Å². The van der Waals surface area contributed by atoms with Crippen LogP contribution < -0.4 is 26.8 Å². The number of rotatable bonds is 6. The minimum absolute atomic E-state index is 0.0463. The predicted molar refractivity (Wildman–Crippen MR) is 193 cm³/mol. The number of nitrogens with zero attached hydrogens (tertiary/aromatic N) is 2. The van der Waals surface area contributed by atoms with Crippen LogP contribution in [0.1, 0.15) is 78.6 Å². The molecule has 0 spiro atoms. The van der Waals surface area contributed by atoms with Crippen molar-refractivity contribution in [2.24, 2.45) is 5.92 Å². The van der Waals surface area contributed by atoms with Crippen LogP contribution in [-0.2, 0) is 38.6 Å². The van der Waals surface area contributed by atoms with Gasteiger partial charge >= 0.3 is 0 Å². The number of carbonyl (C=O) groups excluding carboxylic acids is 5. The molecular formula is C38H49N7O6. The average Bonchev–Trinajstić information content (AvgIpc) is 3.08. The Labute approximate surface area is 298 Å². The summed E-state index contributed by atoms with van der Waals surface area (Å²) in [4.78, 5) is 88.5. The molecule has 5 N–H and O–H groups in total. The number of aromatic amines is 1. The highest BCUT2D eigenvalue weighted by atomic mass is 16.2. The van der Waals surface area contributed by atoms with E-state index in [1.807, 2.05) is 44.2 Å². The zero-order chi connectivity index (χ0) is 37.1. The number of hydrogen-bond donors (Lipinski definition) is 5. The van der Waals surface area contributed by atoms with Gasteiger partial charge in [-0.1, -0.05) is 56.3 Å². The van der Waals surface area contributed by atoms with Crippen LogP contribution in [0.3, 0.4) is 0 Å². The molecule has 3 heterocycles. The smallest absolute Gasteiger partial charge is 0.254 e. The molecule has 2 aliphatic heterocycles. The fourth-order valence-electron chi connectivity index (χ4n) is 5.94. The first-order valence-corrected chi connectivity index (χ1v) is 17.5. The summed E-state index contributed by atoms with van der Waals surface area (Å²) in [5.74, 6) is -1.64. The van der Waals surface area contributed by atoms with Gasteiger partial charge in [0.1, 0.15) is 23.9 Å². The molecule has 5 rings (SSSR count). The van der Waals surface area contributed by atoms with Crippen molar-refractivity contribution in [1.82, 2.24) is 36.1 Å². The van der Waals surface area contributed by atoms with Crippen molar-refractivity contribution in [2.75, 3.05) is 13.1 Å². The summed E-state index contributed by atoms with van der Waals surface area (Å²) in [6.45, 7) is 9.70. The first-order chi connectivity index (χ1) is 24.3. The number of hydrogen-bond acceptors (Lipinski definition) is 7. The fraction of sp³-hybridized carbons (Fsp3) is 0.447. The van der Waals surface area contributed by atoms with Crippen LogP contribution in [-0.4, -0.2) is 75.6 Å². The lowest BCUT2D eigenvalue weighted by Crippen LogP contribution is -2.57. The molecule has 13 heteroatoms. The van der Waals surface area contributed by atoms with Crippen LogP contribution in [0, 0.1) is 19.8 Å². The van der Waals surface area contributed by atoms with E-state index < -0.39 is 35.8 Å². The standard InChI is InChI=1S/C38H49N7O6/c1-23(2)19-31-37(50)41-25(4)34(47)39-17-9-10-18-45(33(46)21-30-24(3)40-26(5)42-36(30)49)22-28-13-15-29(16-14-28)35(48)43-32(38(51)44-31)20-27-11-7-6-8-12-27/h6-8,11-16,23,25,31-32H,9-10,17-22H2,1-5H3,(H,39,47)(H,41,50)(H,43,48)(H,44,51)(H,40,42,49)/t25-,31+,32-/m1/s1. The highest BCUT2D eigenvalue weighted by Crippen LogP contribution is 2.14. The topological polar surface area (TPSA) is 182 Å². The van der Waals surface area contributed by atoms with E-state index in [4.69, 9.17) is 0 Å². The Balaban J connectivity index is 1.62. The first kappa shape index (κ1) is 38.5. The molecule has 2 bridgehead atoms. The maximum Gasteiger partial charge on any atom is 0.254 e. The Hall–Kier alpha value is -5.33. The lowest BCUT2D eigenvalue weighted by Gasteiger charge is -2.25. The lowest BCUT2D eigenvalue weighted by molar-refractivity contribution is -0.132. The third-order valence-corrected chi connectivity index (χ3v) is 8.76. The fourth-order valence-corrected chi connectivity index (χ4v) is 5.94. The molecule has 1 aromatic heterocycles. The molecule has 0 aliphatic carbocycles. The summed E-state index contributed by atoms with van der Waals surface area (Å²) in [6.07, 6.45) is 1.48. The Kier molecular flexibility index (Phi) is 13.6. The number of aromatic nitrogens is 2. The summed E-state index contributed by atoms with van der Waals surface area (Å²) in [7, 11) is 0. The van der Waals surface area contributed by atoms with Gasteiger partial charge in [0.25, 0.3) is 11.5 Å². The number of amides is 5. The molecule has 0 saturated heterocycles. The van der Waals surface area contributed by atoms with Crippen molar-refractivity contribution >= 4 is 29.5 Å². The molecule has 0 radical (unpaired) electrons. The molecule has 0 unspecified atom stereocenters. The number of aryl methyl sites for hydroxylation is 2. The van der Waals surface area contributed by atoms with Gasteiger partial charge in [0.05, 0.1) is 6.42 Å². The number of benzene rings is 2. The highest BCUT2D eigenvalue weighted by molar-refractivity contribution is 5.99. The molecule has 3 atom stereocenters. The van der Waals surface area contributed by atoms with E-state index in [0.29, 0.717) is 55.0 Å². The van der Waals surface area contributed by atoms with Gasteiger partial charge in [-0.05, 0) is 69.2 Å². The van der Waals surface area contributed by atoms with E-state index in [1.54, 1.807) is 49.9 Å². The third kappa shape index (κ3) is 11.3. The minimum Gasteiger partial charge on any atom is -0.354 e. The van der Waals surface area contributed by atoms with Crippen LogP contribution in [0.2, 0.25) is 0 Å². The summed E-state index contributed by atoms with van der Waals surface area (Å²) >= 11 is 0. The first-order valence-electron chi connectivity index (χ1n) is 17.5. The van der Waals surface area contributed by atoms with Gasteiger partial charge in [0.2, 0.25) is 23.6 Å². The number of carbonyl (C=O) groups is 5. The normalized spacial score (nSPS) is 19.8. The quantitative estimate of drug-likeness (QED) is 0.245. The van der Waals surface area contributed by atoms with Gasteiger partial charge in [0, 0.05) is 42.9 Å². The number of H-pyrrole nitrogens is 1. The summed E-state index contributed by atoms with van der Waals surface area (Å²) in [5.41, 5.74) is 2.33. The Morgan fingerprint density at radius 3 is 2.22 bits per heavy atom. The molecule has 5 amide bonds. The molecule has 13 nitrogen and oxygen atoms in total. The molecule has 2 aromatic carbocycles. The van der Waals surface area contributed by atoms with Crippen molar-refractivity contribution in [3.8, 4) is 0 Å². The second-order valence-corrected chi connectivity index (χ2v) is 13.5. The van der Waals surface area contributed by atoms with Gasteiger partial charge in [-0.3, -0.25) is 28.8 Å². The van der Waals surface area contributed by atoms with Gasteiger partial charge in [-0.15, -0.1) is 0 Å². The lowest BCUT2D eigenvalue weighted by atomic mass is 10.0. The Bertz CT molecular complexity index is 1760.